The average Bonchev–Trinajstić information content (AvgIpc) is 2.62. The van der Waals surface area contributed by atoms with Crippen LogP contribution >= 0.6 is 0 Å². The molecule has 2 amide bonds. The van der Waals surface area contributed by atoms with E-state index in [4.69, 9.17) is 10.8 Å². The molecular weight excluding hydrogens is 210 g/mol. The highest BCUT2D eigenvalue weighted by molar-refractivity contribution is 5.89. The third kappa shape index (κ3) is 4.29. The van der Waals surface area contributed by atoms with Crippen molar-refractivity contribution in [2.45, 2.75) is 38.5 Å². The molecule has 1 aliphatic rings. The molecule has 1 atom stereocenters. The van der Waals surface area contributed by atoms with Crippen LogP contribution in [0.15, 0.2) is 5.10 Å². The fourth-order valence-electron chi connectivity index (χ4n) is 1.99. The fraction of sp³-hybridized carbons (Fsp3) is 0.700. The maximum atomic E-state index is 10.5. The van der Waals surface area contributed by atoms with E-state index in [0.717, 1.165) is 31.4 Å². The van der Waals surface area contributed by atoms with E-state index in [-0.39, 0.29) is 6.42 Å². The molecule has 6 nitrogen and oxygen atoms in total. The molecule has 0 aromatic heterocycles. The van der Waals surface area contributed by atoms with E-state index in [9.17, 15) is 9.59 Å². The van der Waals surface area contributed by atoms with Gasteiger partial charge in [-0.2, -0.15) is 5.10 Å². The van der Waals surface area contributed by atoms with Gasteiger partial charge in [0.2, 0.25) is 0 Å². The molecule has 6 heteroatoms. The van der Waals surface area contributed by atoms with E-state index in [2.05, 4.69) is 10.5 Å². The summed E-state index contributed by atoms with van der Waals surface area (Å²) in [6.45, 7) is 0. The zero-order valence-corrected chi connectivity index (χ0v) is 9.11. The Hall–Kier alpha value is -1.59. The van der Waals surface area contributed by atoms with Crippen LogP contribution in [0.3, 0.4) is 0 Å². The lowest BCUT2D eigenvalue weighted by Crippen LogP contribution is -2.26. The highest BCUT2D eigenvalue weighted by Gasteiger charge is 2.22. The molecule has 1 saturated carbocycles. The van der Waals surface area contributed by atoms with Gasteiger partial charge in [-0.05, 0) is 38.0 Å². The number of carboxylic acid groups (broad SMARTS) is 1. The van der Waals surface area contributed by atoms with E-state index < -0.39 is 12.0 Å². The number of carboxylic acids is 1. The molecule has 0 saturated heterocycles. The summed E-state index contributed by atoms with van der Waals surface area (Å²) in [7, 11) is 0. The summed E-state index contributed by atoms with van der Waals surface area (Å²) in [5.41, 5.74) is 8.08. The van der Waals surface area contributed by atoms with Crippen LogP contribution in [-0.2, 0) is 4.79 Å². The normalized spacial score (nSPS) is 22.2. The number of nitrogens with zero attached hydrogens (tertiary/aromatic N) is 1. The van der Waals surface area contributed by atoms with Crippen molar-refractivity contribution < 1.29 is 14.7 Å². The largest absolute Gasteiger partial charge is 0.481 e. The quantitative estimate of drug-likeness (QED) is 0.611. The number of primary amides is 1. The molecule has 90 valence electrons. The first-order valence-corrected chi connectivity index (χ1v) is 5.43. The number of hydrogen-bond acceptors (Lipinski definition) is 3. The first kappa shape index (κ1) is 12.5. The molecule has 0 aromatic carbocycles. The molecule has 0 aliphatic heterocycles. The summed E-state index contributed by atoms with van der Waals surface area (Å²) in [6, 6.07) is -0.663. The zero-order valence-electron chi connectivity index (χ0n) is 9.11. The molecule has 1 aliphatic carbocycles. The Morgan fingerprint density at radius 3 is 2.94 bits per heavy atom. The van der Waals surface area contributed by atoms with Gasteiger partial charge in [-0.1, -0.05) is 0 Å². The maximum Gasteiger partial charge on any atom is 0.332 e. The zero-order chi connectivity index (χ0) is 12.0. The van der Waals surface area contributed by atoms with Crippen molar-refractivity contribution in [1.29, 1.82) is 0 Å². The lowest BCUT2D eigenvalue weighted by molar-refractivity contribution is -0.137. The summed E-state index contributed by atoms with van der Waals surface area (Å²) in [5.74, 6) is -0.474. The van der Waals surface area contributed by atoms with E-state index in [1.165, 1.54) is 0 Å². The minimum atomic E-state index is -0.772. The fourth-order valence-corrected chi connectivity index (χ4v) is 1.99. The summed E-state index contributed by atoms with van der Waals surface area (Å²) in [4.78, 5) is 20.9. The highest BCUT2D eigenvalue weighted by Crippen LogP contribution is 2.27. The van der Waals surface area contributed by atoms with Crippen molar-refractivity contribution in [3.63, 3.8) is 0 Å². The van der Waals surface area contributed by atoms with Crippen LogP contribution in [0.1, 0.15) is 38.5 Å². The third-order valence-electron chi connectivity index (χ3n) is 2.71. The minimum absolute atomic E-state index is 0.188. The van der Waals surface area contributed by atoms with Crippen LogP contribution in [0.25, 0.3) is 0 Å². The van der Waals surface area contributed by atoms with Gasteiger partial charge in [0, 0.05) is 12.1 Å². The second kappa shape index (κ2) is 6.09. The Bertz CT molecular complexity index is 302. The predicted octanol–water partition coefficient (Wildman–Crippen LogP) is 1.07. The lowest BCUT2D eigenvalue weighted by atomic mass is 9.99. The van der Waals surface area contributed by atoms with Crippen LogP contribution in [0, 0.1) is 5.92 Å². The number of amides is 2. The molecule has 0 spiro atoms. The van der Waals surface area contributed by atoms with Gasteiger partial charge < -0.3 is 10.8 Å². The second-order valence-corrected chi connectivity index (χ2v) is 3.95. The third-order valence-corrected chi connectivity index (χ3v) is 2.71. The molecule has 16 heavy (non-hydrogen) atoms. The number of urea groups is 1. The number of rotatable bonds is 5. The molecule has 4 N–H and O–H groups in total. The van der Waals surface area contributed by atoms with Crippen molar-refractivity contribution in [3.8, 4) is 0 Å². The summed E-state index contributed by atoms with van der Waals surface area (Å²) in [6.07, 6.45) is 4.56. The Kier molecular flexibility index (Phi) is 4.75. The van der Waals surface area contributed by atoms with Crippen molar-refractivity contribution in [2.24, 2.45) is 16.8 Å². The molecule has 1 fully saturated rings. The minimum Gasteiger partial charge on any atom is -0.481 e. The van der Waals surface area contributed by atoms with Crippen LogP contribution in [-0.4, -0.2) is 22.8 Å². The van der Waals surface area contributed by atoms with Crippen LogP contribution in [0.4, 0.5) is 4.79 Å². The van der Waals surface area contributed by atoms with Gasteiger partial charge in [-0.25, -0.2) is 10.2 Å². The topological polar surface area (TPSA) is 105 Å². The van der Waals surface area contributed by atoms with Gasteiger partial charge in [-0.3, -0.25) is 4.79 Å². The standard InChI is InChI=1S/C10H17N3O3/c11-10(16)13-12-8-5-1-3-7(8)4-2-6-9(14)15/h7H,1-6H2,(H,14,15)(H3,11,13,16). The second-order valence-electron chi connectivity index (χ2n) is 3.95. The summed E-state index contributed by atoms with van der Waals surface area (Å²) in [5, 5.41) is 12.5. The number of nitrogens with one attached hydrogen (secondary N) is 1. The van der Waals surface area contributed by atoms with Crippen molar-refractivity contribution >= 4 is 17.7 Å². The average molecular weight is 227 g/mol. The van der Waals surface area contributed by atoms with Gasteiger partial charge in [0.1, 0.15) is 0 Å². The predicted molar refractivity (Wildman–Crippen MR) is 59.0 cm³/mol. The first-order valence-electron chi connectivity index (χ1n) is 5.43. The van der Waals surface area contributed by atoms with Gasteiger partial charge >= 0.3 is 12.0 Å². The maximum absolute atomic E-state index is 10.5. The van der Waals surface area contributed by atoms with Crippen molar-refractivity contribution in [3.05, 3.63) is 0 Å². The number of hydrazone groups is 1. The van der Waals surface area contributed by atoms with Crippen molar-refractivity contribution in [1.82, 2.24) is 5.43 Å². The molecule has 0 aromatic rings. The molecule has 1 rings (SSSR count). The van der Waals surface area contributed by atoms with Crippen LogP contribution in [0.5, 0.6) is 0 Å². The Labute approximate surface area is 93.9 Å². The number of hydrogen-bond donors (Lipinski definition) is 3. The van der Waals surface area contributed by atoms with E-state index in [1.54, 1.807) is 0 Å². The number of carbonyl (C=O) groups excluding carboxylic acids is 1. The van der Waals surface area contributed by atoms with Crippen LogP contribution in [0.2, 0.25) is 0 Å². The molecule has 0 bridgehead atoms. The summed E-state index contributed by atoms with van der Waals surface area (Å²) < 4.78 is 0. The number of aliphatic carboxylic acids is 1. The van der Waals surface area contributed by atoms with Gasteiger partial charge in [0.05, 0.1) is 0 Å². The van der Waals surface area contributed by atoms with Gasteiger partial charge in [-0.15, -0.1) is 0 Å². The lowest BCUT2D eigenvalue weighted by Gasteiger charge is -2.09. The van der Waals surface area contributed by atoms with E-state index in [1.807, 2.05) is 0 Å². The van der Waals surface area contributed by atoms with E-state index >= 15 is 0 Å². The Morgan fingerprint density at radius 1 is 1.56 bits per heavy atom. The monoisotopic (exact) mass is 227 g/mol. The Morgan fingerprint density at radius 2 is 2.31 bits per heavy atom. The highest BCUT2D eigenvalue weighted by atomic mass is 16.4. The van der Waals surface area contributed by atoms with Crippen molar-refractivity contribution in [2.75, 3.05) is 0 Å². The van der Waals surface area contributed by atoms with Gasteiger partial charge in [0.15, 0.2) is 0 Å². The molecular formula is C10H17N3O3. The first-order chi connectivity index (χ1) is 7.59. The smallest absolute Gasteiger partial charge is 0.332 e. The number of carbonyl (C=O) groups is 2. The SMILES string of the molecule is NC(=O)NN=C1CCCC1CCCC(=O)O. The molecule has 0 radical (unpaired) electrons. The Balaban J connectivity index is 2.36. The van der Waals surface area contributed by atoms with Gasteiger partial charge in [0.25, 0.3) is 0 Å². The molecule has 1 unspecified atom stereocenters. The molecule has 0 heterocycles. The van der Waals surface area contributed by atoms with Crippen LogP contribution < -0.4 is 11.2 Å². The number of nitrogens with two attached hydrogens (primary N) is 1. The summed E-state index contributed by atoms with van der Waals surface area (Å²) >= 11 is 0. The van der Waals surface area contributed by atoms with E-state index in [0.29, 0.717) is 12.3 Å².